The Morgan fingerprint density at radius 2 is 2.27 bits per heavy atom. The average molecular weight is 296 g/mol. The number of pyridine rings is 1. The Bertz CT molecular complexity index is 678. The van der Waals surface area contributed by atoms with Gasteiger partial charge in [-0.05, 0) is 25.1 Å². The maximum Gasteiger partial charge on any atom is 0.270 e. The molecule has 3 rings (SSSR count). The summed E-state index contributed by atoms with van der Waals surface area (Å²) >= 11 is 0. The zero-order chi connectivity index (χ0) is 15.5. The summed E-state index contributed by atoms with van der Waals surface area (Å²) < 4.78 is 0. The predicted octanol–water partition coefficient (Wildman–Crippen LogP) is 2.37. The van der Waals surface area contributed by atoms with Crippen LogP contribution in [0.1, 0.15) is 21.7 Å². The molecule has 2 aromatic rings. The molecule has 1 aliphatic rings. The van der Waals surface area contributed by atoms with Crippen molar-refractivity contribution < 1.29 is 4.79 Å². The van der Waals surface area contributed by atoms with E-state index in [4.69, 9.17) is 0 Å². The number of carbonyl (C=O) groups excluding carboxylic acids is 1. The minimum Gasteiger partial charge on any atom is -0.357 e. The summed E-state index contributed by atoms with van der Waals surface area (Å²) in [4.78, 5) is 24.3. The molecule has 5 nitrogen and oxygen atoms in total. The molecule has 0 atom stereocenters. The van der Waals surface area contributed by atoms with Gasteiger partial charge >= 0.3 is 0 Å². The highest BCUT2D eigenvalue weighted by Crippen LogP contribution is 2.24. The monoisotopic (exact) mass is 296 g/mol. The van der Waals surface area contributed by atoms with E-state index in [0.29, 0.717) is 18.8 Å². The van der Waals surface area contributed by atoms with Crippen LogP contribution in [-0.2, 0) is 6.54 Å². The summed E-state index contributed by atoms with van der Waals surface area (Å²) in [5.74, 6) is 0.985. The van der Waals surface area contributed by atoms with E-state index in [1.165, 1.54) is 0 Å². The van der Waals surface area contributed by atoms with Crippen molar-refractivity contribution in [2.75, 3.05) is 24.5 Å². The van der Waals surface area contributed by atoms with Crippen LogP contribution in [0.2, 0.25) is 0 Å². The Kier molecular flexibility index (Phi) is 3.96. The van der Waals surface area contributed by atoms with E-state index in [9.17, 15) is 4.79 Å². The lowest BCUT2D eigenvalue weighted by Gasteiger charge is -2.22. The molecule has 5 heteroatoms. The summed E-state index contributed by atoms with van der Waals surface area (Å²) in [6.07, 6.45) is 3.64. The number of H-pyrrole nitrogens is 1. The zero-order valence-electron chi connectivity index (χ0n) is 12.7. The van der Waals surface area contributed by atoms with Crippen molar-refractivity contribution in [3.8, 4) is 0 Å². The Morgan fingerprint density at radius 1 is 1.41 bits per heavy atom. The number of aromatic nitrogens is 2. The maximum absolute atomic E-state index is 12.6. The second-order valence-corrected chi connectivity index (χ2v) is 5.48. The van der Waals surface area contributed by atoms with Crippen LogP contribution >= 0.6 is 0 Å². The number of amides is 1. The van der Waals surface area contributed by atoms with Gasteiger partial charge in [-0.2, -0.15) is 0 Å². The van der Waals surface area contributed by atoms with Crippen molar-refractivity contribution in [2.24, 2.45) is 0 Å². The van der Waals surface area contributed by atoms with Gasteiger partial charge in [0.05, 0.1) is 0 Å². The van der Waals surface area contributed by atoms with Crippen molar-refractivity contribution in [3.63, 3.8) is 0 Å². The third kappa shape index (κ3) is 2.74. The third-order valence-corrected chi connectivity index (χ3v) is 3.86. The SMILES string of the molecule is C=CCN1CCN(C(=O)c2ccc[nH]2)Cc2ccc(C)nc21. The van der Waals surface area contributed by atoms with Gasteiger partial charge in [0.1, 0.15) is 11.5 Å². The molecule has 1 N–H and O–H groups in total. The first-order valence-corrected chi connectivity index (χ1v) is 7.44. The molecular weight excluding hydrogens is 276 g/mol. The first kappa shape index (κ1) is 14.4. The molecule has 0 saturated carbocycles. The topological polar surface area (TPSA) is 52.2 Å². The van der Waals surface area contributed by atoms with E-state index >= 15 is 0 Å². The van der Waals surface area contributed by atoms with Crippen LogP contribution in [0.5, 0.6) is 0 Å². The highest BCUT2D eigenvalue weighted by Gasteiger charge is 2.24. The lowest BCUT2D eigenvalue weighted by molar-refractivity contribution is 0.0746. The lowest BCUT2D eigenvalue weighted by atomic mass is 10.2. The molecule has 0 unspecified atom stereocenters. The zero-order valence-corrected chi connectivity index (χ0v) is 12.7. The summed E-state index contributed by atoms with van der Waals surface area (Å²) in [6.45, 7) is 8.53. The van der Waals surface area contributed by atoms with Crippen LogP contribution in [0, 0.1) is 6.92 Å². The largest absolute Gasteiger partial charge is 0.357 e. The molecule has 0 aliphatic carbocycles. The fourth-order valence-corrected chi connectivity index (χ4v) is 2.74. The minimum absolute atomic E-state index is 0.0250. The number of nitrogens with zero attached hydrogens (tertiary/aromatic N) is 3. The molecule has 1 aliphatic heterocycles. The van der Waals surface area contributed by atoms with Gasteiger partial charge in [-0.1, -0.05) is 12.1 Å². The first-order valence-electron chi connectivity index (χ1n) is 7.44. The Balaban J connectivity index is 1.92. The molecule has 1 amide bonds. The summed E-state index contributed by atoms with van der Waals surface area (Å²) in [7, 11) is 0. The number of fused-ring (bicyclic) bond motifs is 1. The smallest absolute Gasteiger partial charge is 0.270 e. The number of rotatable bonds is 3. The molecule has 0 aromatic carbocycles. The van der Waals surface area contributed by atoms with Crippen molar-refractivity contribution >= 4 is 11.7 Å². The maximum atomic E-state index is 12.6. The van der Waals surface area contributed by atoms with Crippen molar-refractivity contribution in [1.82, 2.24) is 14.9 Å². The van der Waals surface area contributed by atoms with Gasteiger partial charge in [-0.15, -0.1) is 6.58 Å². The second kappa shape index (κ2) is 6.05. The van der Waals surface area contributed by atoms with Crippen LogP contribution in [0.25, 0.3) is 0 Å². The van der Waals surface area contributed by atoms with Gasteiger partial charge in [-0.3, -0.25) is 4.79 Å². The number of carbonyl (C=O) groups is 1. The van der Waals surface area contributed by atoms with Gasteiger partial charge < -0.3 is 14.8 Å². The standard InChI is InChI=1S/C17H20N4O/c1-3-9-20-10-11-21(17(22)15-5-4-8-18-15)12-14-7-6-13(2)19-16(14)20/h3-8,18H,1,9-12H2,2H3. The highest BCUT2D eigenvalue weighted by atomic mass is 16.2. The second-order valence-electron chi connectivity index (χ2n) is 5.48. The normalized spacial score (nSPS) is 14.4. The summed E-state index contributed by atoms with van der Waals surface area (Å²) in [6, 6.07) is 7.71. The lowest BCUT2D eigenvalue weighted by Crippen LogP contribution is -2.35. The molecule has 2 aromatic heterocycles. The van der Waals surface area contributed by atoms with E-state index in [1.807, 2.05) is 36.1 Å². The van der Waals surface area contributed by atoms with E-state index in [1.54, 1.807) is 6.20 Å². The van der Waals surface area contributed by atoms with Crippen LogP contribution in [0.4, 0.5) is 5.82 Å². The quantitative estimate of drug-likeness (QED) is 0.885. The van der Waals surface area contributed by atoms with E-state index < -0.39 is 0 Å². The number of hydrogen-bond acceptors (Lipinski definition) is 3. The molecule has 0 fully saturated rings. The fourth-order valence-electron chi connectivity index (χ4n) is 2.74. The Hall–Kier alpha value is -2.56. The molecule has 114 valence electrons. The molecule has 0 spiro atoms. The van der Waals surface area contributed by atoms with Gasteiger partial charge in [0, 0.05) is 43.6 Å². The first-order chi connectivity index (χ1) is 10.7. The van der Waals surface area contributed by atoms with Crippen molar-refractivity contribution in [3.05, 3.63) is 60.1 Å². The van der Waals surface area contributed by atoms with Crippen LogP contribution in [0.3, 0.4) is 0 Å². The molecule has 0 radical (unpaired) electrons. The van der Waals surface area contributed by atoms with E-state index in [0.717, 1.165) is 30.2 Å². The molecule has 22 heavy (non-hydrogen) atoms. The molecule has 0 saturated heterocycles. The average Bonchev–Trinajstić information content (AvgIpc) is 2.99. The van der Waals surface area contributed by atoms with Gasteiger partial charge in [-0.25, -0.2) is 4.98 Å². The van der Waals surface area contributed by atoms with Crippen LogP contribution in [0.15, 0.2) is 43.1 Å². The summed E-state index contributed by atoms with van der Waals surface area (Å²) in [5, 5.41) is 0. The van der Waals surface area contributed by atoms with Crippen molar-refractivity contribution in [1.29, 1.82) is 0 Å². The molecule has 0 bridgehead atoms. The minimum atomic E-state index is 0.0250. The predicted molar refractivity (Wildman–Crippen MR) is 86.9 cm³/mol. The highest BCUT2D eigenvalue weighted by molar-refractivity contribution is 5.92. The molecular formula is C17H20N4O. The molecule has 3 heterocycles. The summed E-state index contributed by atoms with van der Waals surface area (Å²) in [5.41, 5.74) is 2.68. The number of aryl methyl sites for hydroxylation is 1. The third-order valence-electron chi connectivity index (χ3n) is 3.86. The Morgan fingerprint density at radius 3 is 3.00 bits per heavy atom. The number of aromatic amines is 1. The van der Waals surface area contributed by atoms with Gasteiger partial charge in [0.15, 0.2) is 0 Å². The number of nitrogens with one attached hydrogen (secondary N) is 1. The number of hydrogen-bond donors (Lipinski definition) is 1. The Labute approximate surface area is 130 Å². The van der Waals surface area contributed by atoms with Gasteiger partial charge in [0.2, 0.25) is 0 Å². The van der Waals surface area contributed by atoms with E-state index in [-0.39, 0.29) is 5.91 Å². The van der Waals surface area contributed by atoms with Crippen LogP contribution < -0.4 is 4.90 Å². The van der Waals surface area contributed by atoms with Gasteiger partial charge in [0.25, 0.3) is 5.91 Å². The van der Waals surface area contributed by atoms with Crippen molar-refractivity contribution in [2.45, 2.75) is 13.5 Å². The van der Waals surface area contributed by atoms with Crippen LogP contribution in [-0.4, -0.2) is 40.4 Å². The fraction of sp³-hybridized carbons (Fsp3) is 0.294. The number of anilines is 1. The van der Waals surface area contributed by atoms with E-state index in [2.05, 4.69) is 27.5 Å².